The summed E-state index contributed by atoms with van der Waals surface area (Å²) in [4.78, 5) is 54.6. The second-order valence-electron chi connectivity index (χ2n) is 7.24. The third-order valence-corrected chi connectivity index (χ3v) is 4.78. The Labute approximate surface area is 171 Å². The Hall–Kier alpha value is -2.49. The van der Waals surface area contributed by atoms with Crippen LogP contribution in [0.1, 0.15) is 58.8 Å². The fourth-order valence-corrected chi connectivity index (χ4v) is 3.19. The number of guanidine groups is 1. The van der Waals surface area contributed by atoms with E-state index >= 15 is 0 Å². The normalized spacial score (nSPS) is 17.8. The number of carbonyl (C=O) groups excluding carboxylic acids is 4. The van der Waals surface area contributed by atoms with E-state index in [1.54, 1.807) is 0 Å². The van der Waals surface area contributed by atoms with E-state index in [2.05, 4.69) is 15.6 Å². The highest BCUT2D eigenvalue weighted by Gasteiger charge is 2.37. The van der Waals surface area contributed by atoms with Gasteiger partial charge in [-0.3, -0.25) is 24.3 Å². The van der Waals surface area contributed by atoms with E-state index < -0.39 is 29.9 Å². The van der Waals surface area contributed by atoms with Gasteiger partial charge in [0.1, 0.15) is 12.3 Å². The minimum atomic E-state index is -0.943. The average Bonchev–Trinajstić information content (AvgIpc) is 3.22. The van der Waals surface area contributed by atoms with Crippen LogP contribution < -0.4 is 22.1 Å². The van der Waals surface area contributed by atoms with Crippen LogP contribution in [-0.4, -0.2) is 66.1 Å². The first-order chi connectivity index (χ1) is 13.8. The molecule has 0 saturated carbocycles. The van der Waals surface area contributed by atoms with Crippen molar-refractivity contribution in [1.29, 1.82) is 0 Å². The molecule has 1 saturated heterocycles. The molecule has 0 spiro atoms. The van der Waals surface area contributed by atoms with Crippen LogP contribution in [0.15, 0.2) is 4.99 Å². The summed E-state index contributed by atoms with van der Waals surface area (Å²) < 4.78 is 0. The molecule has 0 aliphatic carbocycles. The SMILES string of the molecule is CCCCC(=O)NC(C)C(=O)N(C(=O)[C@@H]1CCCN1)[C@H](C=O)CCCN=C(N)N. The molecule has 29 heavy (non-hydrogen) atoms. The number of unbranched alkanes of at least 4 members (excludes halogenated alkanes) is 1. The molecular formula is C19H34N6O4. The lowest BCUT2D eigenvalue weighted by atomic mass is 10.1. The first-order valence-corrected chi connectivity index (χ1v) is 10.2. The molecule has 10 nitrogen and oxygen atoms in total. The molecule has 1 fully saturated rings. The van der Waals surface area contributed by atoms with Crippen LogP contribution >= 0.6 is 0 Å². The van der Waals surface area contributed by atoms with Crippen LogP contribution in [-0.2, 0) is 19.2 Å². The van der Waals surface area contributed by atoms with E-state index in [9.17, 15) is 19.2 Å². The molecule has 3 amide bonds. The van der Waals surface area contributed by atoms with Gasteiger partial charge in [-0.15, -0.1) is 0 Å². The summed E-state index contributed by atoms with van der Waals surface area (Å²) in [5.74, 6) is -1.35. The number of hydrogen-bond donors (Lipinski definition) is 4. The number of aliphatic imine (C=N–C) groups is 1. The minimum absolute atomic E-state index is 0.0600. The van der Waals surface area contributed by atoms with E-state index in [0.29, 0.717) is 38.5 Å². The number of hydrogen-bond acceptors (Lipinski definition) is 6. The zero-order chi connectivity index (χ0) is 21.8. The van der Waals surface area contributed by atoms with E-state index in [1.807, 2.05) is 6.92 Å². The quantitative estimate of drug-likeness (QED) is 0.145. The second kappa shape index (κ2) is 12.9. The highest BCUT2D eigenvalue weighted by Crippen LogP contribution is 2.15. The maximum Gasteiger partial charge on any atom is 0.252 e. The van der Waals surface area contributed by atoms with Gasteiger partial charge in [-0.05, 0) is 45.6 Å². The average molecular weight is 411 g/mol. The standard InChI is InChI=1S/C19H34N6O4/c1-3-4-9-16(27)24-13(2)17(28)25(18(29)15-8-6-10-22-15)14(12-26)7-5-11-23-19(20)21/h12-15,22H,3-11H2,1-2H3,(H,24,27)(H4,20,21,23)/t13?,14-,15-/m0/s1. The molecule has 1 unspecified atom stereocenters. The molecule has 0 aromatic heterocycles. The summed E-state index contributed by atoms with van der Waals surface area (Å²) in [6, 6.07) is -2.37. The van der Waals surface area contributed by atoms with E-state index in [4.69, 9.17) is 11.5 Å². The highest BCUT2D eigenvalue weighted by atomic mass is 16.2. The first-order valence-electron chi connectivity index (χ1n) is 10.2. The van der Waals surface area contributed by atoms with Crippen LogP contribution in [0.25, 0.3) is 0 Å². The van der Waals surface area contributed by atoms with Crippen LogP contribution in [0, 0.1) is 0 Å². The number of rotatable bonds is 12. The van der Waals surface area contributed by atoms with Gasteiger partial charge in [0, 0.05) is 13.0 Å². The lowest BCUT2D eigenvalue weighted by Gasteiger charge is -2.31. The van der Waals surface area contributed by atoms with Crippen LogP contribution in [0.5, 0.6) is 0 Å². The lowest BCUT2D eigenvalue weighted by molar-refractivity contribution is -0.152. The summed E-state index contributed by atoms with van der Waals surface area (Å²) in [5, 5.41) is 5.69. The maximum atomic E-state index is 13.0. The molecule has 1 rings (SSSR count). The van der Waals surface area contributed by atoms with Crippen molar-refractivity contribution in [1.82, 2.24) is 15.5 Å². The van der Waals surface area contributed by atoms with Crippen molar-refractivity contribution in [3.8, 4) is 0 Å². The summed E-state index contributed by atoms with van der Waals surface area (Å²) in [6.07, 6.45) is 4.54. The van der Waals surface area contributed by atoms with Crippen molar-refractivity contribution >= 4 is 30.0 Å². The molecule has 164 valence electrons. The third kappa shape index (κ3) is 8.18. The largest absolute Gasteiger partial charge is 0.370 e. The van der Waals surface area contributed by atoms with Gasteiger partial charge in [0.05, 0.1) is 12.1 Å². The van der Waals surface area contributed by atoms with Gasteiger partial charge in [-0.1, -0.05) is 13.3 Å². The van der Waals surface area contributed by atoms with Crippen molar-refractivity contribution < 1.29 is 19.2 Å². The Morgan fingerprint density at radius 2 is 2.03 bits per heavy atom. The fourth-order valence-electron chi connectivity index (χ4n) is 3.19. The number of aldehydes is 1. The van der Waals surface area contributed by atoms with E-state index in [-0.39, 0.29) is 24.8 Å². The predicted molar refractivity (Wildman–Crippen MR) is 110 cm³/mol. The van der Waals surface area contributed by atoms with Gasteiger partial charge in [0.25, 0.3) is 5.91 Å². The van der Waals surface area contributed by atoms with Crippen molar-refractivity contribution in [3.63, 3.8) is 0 Å². The molecule has 0 radical (unpaired) electrons. The summed E-state index contributed by atoms with van der Waals surface area (Å²) in [5.41, 5.74) is 10.6. The number of carbonyl (C=O) groups is 4. The van der Waals surface area contributed by atoms with Gasteiger partial charge in [-0.2, -0.15) is 0 Å². The van der Waals surface area contributed by atoms with Gasteiger partial charge in [-0.25, -0.2) is 0 Å². The third-order valence-electron chi connectivity index (χ3n) is 4.78. The molecular weight excluding hydrogens is 376 g/mol. The molecule has 6 N–H and O–H groups in total. The smallest absolute Gasteiger partial charge is 0.252 e. The predicted octanol–water partition coefficient (Wildman–Crippen LogP) is -0.590. The van der Waals surface area contributed by atoms with Gasteiger partial charge in [0.2, 0.25) is 11.8 Å². The fraction of sp³-hybridized carbons (Fsp3) is 0.737. The van der Waals surface area contributed by atoms with Crippen molar-refractivity contribution in [2.75, 3.05) is 13.1 Å². The number of nitrogens with two attached hydrogens (primary N) is 2. The first kappa shape index (κ1) is 24.5. The highest BCUT2D eigenvalue weighted by molar-refractivity contribution is 6.03. The van der Waals surface area contributed by atoms with Crippen molar-refractivity contribution in [2.45, 2.75) is 76.9 Å². The van der Waals surface area contributed by atoms with E-state index in [1.165, 1.54) is 6.92 Å². The molecule has 3 atom stereocenters. The topological polar surface area (TPSA) is 160 Å². The van der Waals surface area contributed by atoms with E-state index in [0.717, 1.165) is 17.7 Å². The molecule has 1 aliphatic rings. The zero-order valence-corrected chi connectivity index (χ0v) is 17.4. The monoisotopic (exact) mass is 410 g/mol. The molecule has 0 aromatic carbocycles. The summed E-state index contributed by atoms with van der Waals surface area (Å²) >= 11 is 0. The zero-order valence-electron chi connectivity index (χ0n) is 17.4. The summed E-state index contributed by atoms with van der Waals surface area (Å²) in [6.45, 7) is 4.45. The molecule has 0 aromatic rings. The Bertz CT molecular complexity index is 600. The minimum Gasteiger partial charge on any atom is -0.370 e. The maximum absolute atomic E-state index is 13.0. The number of amides is 3. The van der Waals surface area contributed by atoms with Gasteiger partial charge in [0.15, 0.2) is 5.96 Å². The molecule has 1 aliphatic heterocycles. The second-order valence-corrected chi connectivity index (χ2v) is 7.24. The van der Waals surface area contributed by atoms with Crippen LogP contribution in [0.2, 0.25) is 0 Å². The molecule has 0 bridgehead atoms. The Morgan fingerprint density at radius 1 is 1.31 bits per heavy atom. The number of nitrogens with zero attached hydrogens (tertiary/aromatic N) is 2. The summed E-state index contributed by atoms with van der Waals surface area (Å²) in [7, 11) is 0. The van der Waals surface area contributed by atoms with Crippen molar-refractivity contribution in [2.24, 2.45) is 16.5 Å². The molecule has 1 heterocycles. The Balaban J connectivity index is 2.91. The Kier molecular flexibility index (Phi) is 10.9. The van der Waals surface area contributed by atoms with Gasteiger partial charge < -0.3 is 26.9 Å². The van der Waals surface area contributed by atoms with Crippen molar-refractivity contribution in [3.05, 3.63) is 0 Å². The number of nitrogens with one attached hydrogen (secondary N) is 2. The number of imide groups is 1. The lowest BCUT2D eigenvalue weighted by Crippen LogP contribution is -2.57. The van der Waals surface area contributed by atoms with Gasteiger partial charge >= 0.3 is 0 Å². The Morgan fingerprint density at radius 3 is 2.59 bits per heavy atom. The van der Waals surface area contributed by atoms with Crippen LogP contribution in [0.3, 0.4) is 0 Å². The van der Waals surface area contributed by atoms with Crippen LogP contribution in [0.4, 0.5) is 0 Å². The molecule has 10 heteroatoms.